The maximum atomic E-state index is 11.6. The molecule has 1 rings (SSSR count). The van der Waals surface area contributed by atoms with E-state index in [9.17, 15) is 4.79 Å². The summed E-state index contributed by atoms with van der Waals surface area (Å²) in [4.78, 5) is 13.3. The van der Waals surface area contributed by atoms with Gasteiger partial charge in [0.15, 0.2) is 0 Å². The molecule has 0 saturated carbocycles. The van der Waals surface area contributed by atoms with Gasteiger partial charge in [0.25, 0.3) is 0 Å². The highest BCUT2D eigenvalue weighted by Crippen LogP contribution is 2.18. The van der Waals surface area contributed by atoms with Crippen LogP contribution in [0.5, 0.6) is 0 Å². The molecule has 1 aliphatic rings. The van der Waals surface area contributed by atoms with E-state index in [2.05, 4.69) is 0 Å². The topological polar surface area (TPSA) is 38.8 Å². The van der Waals surface area contributed by atoms with Gasteiger partial charge in [-0.25, -0.2) is 0 Å². The monoisotopic (exact) mass is 235 g/mol. The van der Waals surface area contributed by atoms with Gasteiger partial charge in [-0.2, -0.15) is 0 Å². The molecule has 0 aromatic carbocycles. The summed E-state index contributed by atoms with van der Waals surface area (Å²) in [5.74, 6) is -0.0547. The number of rotatable bonds is 4. The van der Waals surface area contributed by atoms with Crippen LogP contribution in [-0.4, -0.2) is 55.2 Å². The van der Waals surface area contributed by atoms with Crippen LogP contribution in [0, 0.1) is 0 Å². The lowest BCUT2D eigenvalue weighted by Gasteiger charge is -2.16. The molecule has 0 N–H and O–H groups in total. The second kappa shape index (κ2) is 5.68. The normalized spacial score (nSPS) is 28.1. The van der Waals surface area contributed by atoms with Crippen molar-refractivity contribution in [2.45, 2.75) is 31.4 Å². The third-order valence-electron chi connectivity index (χ3n) is 2.55. The van der Waals surface area contributed by atoms with Crippen molar-refractivity contribution in [2.75, 3.05) is 26.8 Å². The number of amides is 1. The summed E-state index contributed by atoms with van der Waals surface area (Å²) in [5, 5.41) is -0.483. The van der Waals surface area contributed by atoms with E-state index >= 15 is 0 Å². The molecule has 0 radical (unpaired) electrons. The van der Waals surface area contributed by atoms with E-state index < -0.39 is 5.38 Å². The third-order valence-corrected chi connectivity index (χ3v) is 2.74. The molecule has 0 aliphatic carbocycles. The molecule has 0 bridgehead atoms. The summed E-state index contributed by atoms with van der Waals surface area (Å²) in [7, 11) is 1.63. The Morgan fingerprint density at radius 2 is 2.13 bits per heavy atom. The van der Waals surface area contributed by atoms with Gasteiger partial charge in [-0.15, -0.1) is 11.6 Å². The number of ether oxygens (including phenoxy) is 2. The van der Waals surface area contributed by atoms with E-state index in [0.717, 1.165) is 0 Å². The molecule has 1 amide bonds. The van der Waals surface area contributed by atoms with E-state index in [4.69, 9.17) is 21.1 Å². The predicted molar refractivity (Wildman–Crippen MR) is 58.1 cm³/mol. The van der Waals surface area contributed by atoms with Gasteiger partial charge >= 0.3 is 0 Å². The number of likely N-dealkylation sites (tertiary alicyclic amines) is 1. The van der Waals surface area contributed by atoms with E-state index in [1.54, 1.807) is 18.9 Å². The highest BCUT2D eigenvalue weighted by molar-refractivity contribution is 6.30. The van der Waals surface area contributed by atoms with E-state index in [1.807, 2.05) is 6.92 Å². The first-order chi connectivity index (χ1) is 7.10. The van der Waals surface area contributed by atoms with Gasteiger partial charge in [-0.3, -0.25) is 4.79 Å². The smallest absolute Gasteiger partial charge is 0.240 e. The van der Waals surface area contributed by atoms with E-state index in [1.165, 1.54) is 0 Å². The van der Waals surface area contributed by atoms with Crippen molar-refractivity contribution in [1.82, 2.24) is 4.90 Å². The first kappa shape index (κ1) is 12.7. The van der Waals surface area contributed by atoms with Gasteiger partial charge in [-0.05, 0) is 13.8 Å². The van der Waals surface area contributed by atoms with Crippen molar-refractivity contribution in [1.29, 1.82) is 0 Å². The van der Waals surface area contributed by atoms with Gasteiger partial charge in [0, 0.05) is 26.8 Å². The van der Waals surface area contributed by atoms with Crippen molar-refractivity contribution < 1.29 is 14.3 Å². The molecule has 0 spiro atoms. The molecular weight excluding hydrogens is 218 g/mol. The third kappa shape index (κ3) is 3.06. The quantitative estimate of drug-likeness (QED) is 0.679. The lowest BCUT2D eigenvalue weighted by molar-refractivity contribution is -0.130. The van der Waals surface area contributed by atoms with Crippen molar-refractivity contribution in [3.63, 3.8) is 0 Å². The van der Waals surface area contributed by atoms with Gasteiger partial charge in [-0.1, -0.05) is 0 Å². The fraction of sp³-hybridized carbons (Fsp3) is 0.900. The highest BCUT2D eigenvalue weighted by Gasteiger charge is 2.36. The molecule has 15 heavy (non-hydrogen) atoms. The predicted octanol–water partition coefficient (Wildman–Crippen LogP) is 0.876. The molecule has 5 heteroatoms. The lowest BCUT2D eigenvalue weighted by Crippen LogP contribution is -2.34. The summed E-state index contributed by atoms with van der Waals surface area (Å²) in [6.07, 6.45) is -0.0660. The number of hydrogen-bond acceptors (Lipinski definition) is 3. The van der Waals surface area contributed by atoms with E-state index in [0.29, 0.717) is 19.7 Å². The van der Waals surface area contributed by atoms with Crippen LogP contribution in [0.3, 0.4) is 0 Å². The SMILES string of the molecule is CCOC1CN(C(=O)C(C)Cl)CC1OC. The zero-order valence-corrected chi connectivity index (χ0v) is 10.2. The molecular formula is C10H18ClNO3. The number of nitrogens with zero attached hydrogens (tertiary/aromatic N) is 1. The number of alkyl halides is 1. The minimum atomic E-state index is -0.483. The van der Waals surface area contributed by atoms with Gasteiger partial charge in [0.1, 0.15) is 17.6 Å². The Bertz CT molecular complexity index is 223. The zero-order chi connectivity index (χ0) is 11.4. The molecule has 88 valence electrons. The first-order valence-corrected chi connectivity index (χ1v) is 5.61. The fourth-order valence-corrected chi connectivity index (χ4v) is 1.91. The summed E-state index contributed by atoms with van der Waals surface area (Å²) in [6, 6.07) is 0. The number of methoxy groups -OCH3 is 1. The summed E-state index contributed by atoms with van der Waals surface area (Å²) in [5.41, 5.74) is 0. The Labute approximate surface area is 95.5 Å². The Morgan fingerprint density at radius 1 is 1.53 bits per heavy atom. The zero-order valence-electron chi connectivity index (χ0n) is 9.40. The fourth-order valence-electron chi connectivity index (χ4n) is 1.78. The number of carbonyl (C=O) groups excluding carboxylic acids is 1. The molecule has 3 atom stereocenters. The number of halogens is 1. The summed E-state index contributed by atoms with van der Waals surface area (Å²) >= 11 is 5.75. The highest BCUT2D eigenvalue weighted by atomic mass is 35.5. The van der Waals surface area contributed by atoms with Crippen LogP contribution in [0.2, 0.25) is 0 Å². The Hall–Kier alpha value is -0.320. The minimum Gasteiger partial charge on any atom is -0.377 e. The average molecular weight is 236 g/mol. The molecule has 1 saturated heterocycles. The minimum absolute atomic E-state index is 0.0284. The standard InChI is InChI=1S/C10H18ClNO3/c1-4-15-9-6-12(5-8(9)14-3)10(13)7(2)11/h7-9H,4-6H2,1-3H3. The molecule has 3 unspecified atom stereocenters. The number of hydrogen-bond donors (Lipinski definition) is 0. The maximum absolute atomic E-state index is 11.6. The Balaban J connectivity index is 2.56. The van der Waals surface area contributed by atoms with Crippen molar-refractivity contribution >= 4 is 17.5 Å². The largest absolute Gasteiger partial charge is 0.377 e. The summed E-state index contributed by atoms with van der Waals surface area (Å²) < 4.78 is 10.8. The Morgan fingerprint density at radius 3 is 2.60 bits per heavy atom. The van der Waals surface area contributed by atoms with Crippen LogP contribution in [-0.2, 0) is 14.3 Å². The van der Waals surface area contributed by atoms with Crippen LogP contribution < -0.4 is 0 Å². The molecule has 1 aliphatic heterocycles. The molecule has 4 nitrogen and oxygen atoms in total. The van der Waals surface area contributed by atoms with Crippen LogP contribution >= 0.6 is 11.6 Å². The van der Waals surface area contributed by atoms with E-state index in [-0.39, 0.29) is 18.1 Å². The van der Waals surface area contributed by atoms with Gasteiger partial charge in [0.2, 0.25) is 5.91 Å². The van der Waals surface area contributed by atoms with Crippen molar-refractivity contribution in [3.8, 4) is 0 Å². The summed E-state index contributed by atoms with van der Waals surface area (Å²) in [6.45, 7) is 5.38. The second-order valence-electron chi connectivity index (χ2n) is 3.63. The molecule has 1 fully saturated rings. The van der Waals surface area contributed by atoms with Crippen LogP contribution in [0.25, 0.3) is 0 Å². The maximum Gasteiger partial charge on any atom is 0.240 e. The average Bonchev–Trinajstić information content (AvgIpc) is 2.60. The molecule has 0 aromatic rings. The van der Waals surface area contributed by atoms with Crippen molar-refractivity contribution in [2.24, 2.45) is 0 Å². The van der Waals surface area contributed by atoms with Crippen LogP contribution in [0.1, 0.15) is 13.8 Å². The van der Waals surface area contributed by atoms with Crippen molar-refractivity contribution in [3.05, 3.63) is 0 Å². The Kier molecular flexibility index (Phi) is 4.83. The first-order valence-electron chi connectivity index (χ1n) is 5.17. The molecule has 1 heterocycles. The number of carbonyl (C=O) groups is 1. The lowest BCUT2D eigenvalue weighted by atomic mass is 10.2. The second-order valence-corrected chi connectivity index (χ2v) is 4.28. The van der Waals surface area contributed by atoms with Crippen LogP contribution in [0.4, 0.5) is 0 Å². The molecule has 0 aromatic heterocycles. The van der Waals surface area contributed by atoms with Crippen LogP contribution in [0.15, 0.2) is 0 Å². The van der Waals surface area contributed by atoms with Gasteiger partial charge < -0.3 is 14.4 Å². The van der Waals surface area contributed by atoms with Gasteiger partial charge in [0.05, 0.1) is 0 Å².